The zero-order chi connectivity index (χ0) is 5.54. The molecule has 0 aliphatic heterocycles. The smallest absolute Gasteiger partial charge is 0.0625 e. The van der Waals surface area contributed by atoms with Gasteiger partial charge in [0.1, 0.15) is 0 Å². The highest BCUT2D eigenvalue weighted by Gasteiger charge is 1.80. The monoisotopic (exact) mass is 98.1 g/mol. The van der Waals surface area contributed by atoms with Gasteiger partial charge in [-0.05, 0) is 0 Å². The number of nitrogens with zero attached hydrogens (tertiary/aromatic N) is 1. The van der Waals surface area contributed by atoms with Crippen LogP contribution in [-0.2, 0) is 4.74 Å². The summed E-state index contributed by atoms with van der Waals surface area (Å²) in [6.07, 6.45) is 2.26. The van der Waals surface area contributed by atoms with Crippen molar-refractivity contribution in [2.75, 3.05) is 13.7 Å². The molecule has 0 aliphatic carbocycles. The second kappa shape index (κ2) is 5.45. The third kappa shape index (κ3) is 5.45. The predicted molar refractivity (Wildman–Crippen MR) is 26.4 cm³/mol. The molecule has 0 heterocycles. The van der Waals surface area contributed by atoms with Gasteiger partial charge in [-0.3, -0.25) is 0 Å². The summed E-state index contributed by atoms with van der Waals surface area (Å²) in [5.41, 5.74) is 0. The Balaban J connectivity index is 2.60. The van der Waals surface area contributed by atoms with E-state index < -0.39 is 0 Å². The van der Waals surface area contributed by atoms with Gasteiger partial charge in [-0.1, -0.05) is 0 Å². The van der Waals surface area contributed by atoms with Crippen molar-refractivity contribution < 1.29 is 4.74 Å². The largest absolute Gasteiger partial charge is 0.384 e. The van der Waals surface area contributed by atoms with E-state index in [9.17, 15) is 0 Å². The number of rotatable bonds is 3. The van der Waals surface area contributed by atoms with Gasteiger partial charge in [-0.25, -0.2) is 0 Å². The summed E-state index contributed by atoms with van der Waals surface area (Å²) in [6, 6.07) is 1.97. The molecule has 0 aromatic heterocycles. The summed E-state index contributed by atoms with van der Waals surface area (Å²) in [6.45, 7) is 0.577. The Morgan fingerprint density at radius 1 is 1.86 bits per heavy atom. The first-order valence-electron chi connectivity index (χ1n) is 2.09. The van der Waals surface area contributed by atoms with Crippen molar-refractivity contribution in [2.45, 2.75) is 6.42 Å². The van der Waals surface area contributed by atoms with E-state index in [1.54, 1.807) is 13.5 Å². The summed E-state index contributed by atoms with van der Waals surface area (Å²) >= 11 is 0. The molecular weight excluding hydrogens is 90.1 g/mol. The lowest BCUT2D eigenvalue weighted by Crippen LogP contribution is -1.86. The lowest BCUT2D eigenvalue weighted by Gasteiger charge is -1.87. The first kappa shape index (κ1) is 6.45. The highest BCUT2D eigenvalue weighted by atomic mass is 16.5. The van der Waals surface area contributed by atoms with E-state index in [-0.39, 0.29) is 0 Å². The molecule has 0 rings (SSSR count). The van der Waals surface area contributed by atoms with Gasteiger partial charge in [0.2, 0.25) is 0 Å². The van der Waals surface area contributed by atoms with Crippen molar-refractivity contribution in [1.82, 2.24) is 0 Å². The van der Waals surface area contributed by atoms with E-state index in [0.29, 0.717) is 13.0 Å². The van der Waals surface area contributed by atoms with E-state index in [4.69, 9.17) is 5.26 Å². The molecular formula is C5H8NO. The standard InChI is InChI=1S/C5H8NO/c1-7-5-3-2-4-6/h3H,2,5H2,1H3. The summed E-state index contributed by atoms with van der Waals surface area (Å²) in [5, 5.41) is 7.96. The molecule has 0 fully saturated rings. The van der Waals surface area contributed by atoms with Crippen molar-refractivity contribution in [3.8, 4) is 6.07 Å². The number of methoxy groups -OCH3 is 1. The van der Waals surface area contributed by atoms with Gasteiger partial charge >= 0.3 is 0 Å². The Kier molecular flexibility index (Phi) is 5.02. The van der Waals surface area contributed by atoms with E-state index in [1.165, 1.54) is 0 Å². The van der Waals surface area contributed by atoms with Crippen LogP contribution in [0.5, 0.6) is 0 Å². The van der Waals surface area contributed by atoms with Crippen molar-refractivity contribution in [2.24, 2.45) is 0 Å². The van der Waals surface area contributed by atoms with Crippen molar-refractivity contribution in [3.63, 3.8) is 0 Å². The molecule has 0 aliphatic rings. The normalized spacial score (nSPS) is 8.00. The van der Waals surface area contributed by atoms with Crippen molar-refractivity contribution in [1.29, 1.82) is 5.26 Å². The van der Waals surface area contributed by atoms with Gasteiger partial charge < -0.3 is 4.74 Å². The number of nitriles is 1. The molecule has 1 radical (unpaired) electrons. The summed E-state index contributed by atoms with van der Waals surface area (Å²) in [5.74, 6) is 0. The van der Waals surface area contributed by atoms with Crippen LogP contribution in [-0.4, -0.2) is 13.7 Å². The van der Waals surface area contributed by atoms with E-state index >= 15 is 0 Å². The molecule has 0 spiro atoms. The van der Waals surface area contributed by atoms with Gasteiger partial charge in [-0.15, -0.1) is 0 Å². The highest BCUT2D eigenvalue weighted by Crippen LogP contribution is 1.81. The fraction of sp³-hybridized carbons (Fsp3) is 0.600. The molecule has 2 nitrogen and oxygen atoms in total. The van der Waals surface area contributed by atoms with Crippen LogP contribution in [0.25, 0.3) is 0 Å². The lowest BCUT2D eigenvalue weighted by atomic mass is 10.4. The SMILES string of the molecule is COC[CH]CC#N. The number of unbranched alkanes of at least 4 members (excludes halogenated alkanes) is 1. The van der Waals surface area contributed by atoms with Crippen molar-refractivity contribution >= 4 is 0 Å². The Morgan fingerprint density at radius 3 is 3.00 bits per heavy atom. The van der Waals surface area contributed by atoms with Gasteiger partial charge in [0, 0.05) is 20.0 Å². The number of hydrogen-bond donors (Lipinski definition) is 0. The summed E-state index contributed by atoms with van der Waals surface area (Å²) in [4.78, 5) is 0. The third-order valence-corrected chi connectivity index (χ3v) is 0.520. The fourth-order valence-corrected chi connectivity index (χ4v) is 0.241. The zero-order valence-corrected chi connectivity index (χ0v) is 4.35. The van der Waals surface area contributed by atoms with Gasteiger partial charge in [0.05, 0.1) is 12.7 Å². The first-order chi connectivity index (χ1) is 3.41. The van der Waals surface area contributed by atoms with Crippen LogP contribution < -0.4 is 0 Å². The Bertz CT molecular complexity index is 65.0. The average molecular weight is 98.1 g/mol. The molecule has 2 heteroatoms. The first-order valence-corrected chi connectivity index (χ1v) is 2.09. The predicted octanol–water partition coefficient (Wildman–Crippen LogP) is 0.751. The van der Waals surface area contributed by atoms with E-state index in [1.807, 2.05) is 6.07 Å². The fourth-order valence-electron chi connectivity index (χ4n) is 0.241. The molecule has 0 amide bonds. The van der Waals surface area contributed by atoms with Gasteiger partial charge in [0.15, 0.2) is 0 Å². The maximum atomic E-state index is 7.96. The second-order valence-corrected chi connectivity index (χ2v) is 1.11. The highest BCUT2D eigenvalue weighted by molar-refractivity contribution is 4.79. The van der Waals surface area contributed by atoms with Gasteiger partial charge in [-0.2, -0.15) is 5.26 Å². The quantitative estimate of drug-likeness (QED) is 0.488. The van der Waals surface area contributed by atoms with Crippen LogP contribution in [0.3, 0.4) is 0 Å². The third-order valence-electron chi connectivity index (χ3n) is 0.520. The number of ether oxygens (including phenoxy) is 1. The Morgan fingerprint density at radius 2 is 2.57 bits per heavy atom. The van der Waals surface area contributed by atoms with Crippen LogP contribution in [0.15, 0.2) is 0 Å². The second-order valence-electron chi connectivity index (χ2n) is 1.11. The zero-order valence-electron chi connectivity index (χ0n) is 4.35. The van der Waals surface area contributed by atoms with Gasteiger partial charge in [0.25, 0.3) is 0 Å². The molecule has 0 aromatic carbocycles. The van der Waals surface area contributed by atoms with Crippen LogP contribution in [0.2, 0.25) is 0 Å². The molecule has 0 atom stereocenters. The molecule has 39 valence electrons. The molecule has 0 saturated carbocycles. The minimum Gasteiger partial charge on any atom is -0.384 e. The van der Waals surface area contributed by atoms with Crippen LogP contribution in [0.4, 0.5) is 0 Å². The minimum atomic E-state index is 0.480. The van der Waals surface area contributed by atoms with E-state index in [0.717, 1.165) is 0 Å². The van der Waals surface area contributed by atoms with Crippen LogP contribution >= 0.6 is 0 Å². The van der Waals surface area contributed by atoms with E-state index in [2.05, 4.69) is 4.74 Å². The maximum absolute atomic E-state index is 7.96. The summed E-state index contributed by atoms with van der Waals surface area (Å²) < 4.78 is 4.64. The minimum absolute atomic E-state index is 0.480. The van der Waals surface area contributed by atoms with Crippen LogP contribution in [0.1, 0.15) is 6.42 Å². The maximum Gasteiger partial charge on any atom is 0.0625 e. The molecule has 0 saturated heterocycles. The lowest BCUT2D eigenvalue weighted by molar-refractivity contribution is 0.222. The number of hydrogen-bond acceptors (Lipinski definition) is 2. The molecule has 7 heavy (non-hydrogen) atoms. The molecule has 0 aromatic rings. The Hall–Kier alpha value is -0.550. The summed E-state index contributed by atoms with van der Waals surface area (Å²) in [7, 11) is 1.61. The van der Waals surface area contributed by atoms with Crippen LogP contribution in [0, 0.1) is 17.8 Å². The molecule has 0 unspecified atom stereocenters. The molecule has 0 bridgehead atoms. The molecule has 0 N–H and O–H groups in total. The topological polar surface area (TPSA) is 33.0 Å². The average Bonchev–Trinajstić information content (AvgIpc) is 1.69. The van der Waals surface area contributed by atoms with Crippen molar-refractivity contribution in [3.05, 3.63) is 6.42 Å². The Labute approximate surface area is 43.7 Å².